The summed E-state index contributed by atoms with van der Waals surface area (Å²) in [7, 11) is 1.62. The van der Waals surface area contributed by atoms with Crippen LogP contribution in [-0.4, -0.2) is 35.9 Å². The van der Waals surface area contributed by atoms with Crippen molar-refractivity contribution in [3.8, 4) is 5.88 Å². The molecule has 6 heteroatoms. The predicted molar refractivity (Wildman–Crippen MR) is 93.0 cm³/mol. The van der Waals surface area contributed by atoms with Gasteiger partial charge in [0.25, 0.3) is 0 Å². The molecular weight excluding hydrogens is 306 g/mol. The van der Waals surface area contributed by atoms with Gasteiger partial charge in [0.15, 0.2) is 0 Å². The van der Waals surface area contributed by atoms with Gasteiger partial charge in [-0.2, -0.15) is 0 Å². The Bertz CT molecular complexity index is 535. The minimum atomic E-state index is -0.450. The molecule has 134 valence electrons. The molecule has 24 heavy (non-hydrogen) atoms. The second kappa shape index (κ2) is 8.33. The minimum Gasteiger partial charge on any atom is -0.481 e. The van der Waals surface area contributed by atoms with Gasteiger partial charge < -0.3 is 20.1 Å². The van der Waals surface area contributed by atoms with Crippen LogP contribution in [0.5, 0.6) is 5.88 Å². The molecule has 1 aromatic heterocycles. The van der Waals surface area contributed by atoms with Crippen molar-refractivity contribution in [2.24, 2.45) is 0 Å². The first kappa shape index (κ1) is 18.5. The molecule has 0 unspecified atom stereocenters. The van der Waals surface area contributed by atoms with Gasteiger partial charge in [0.1, 0.15) is 5.60 Å². The third kappa shape index (κ3) is 6.35. The summed E-state index contributed by atoms with van der Waals surface area (Å²) >= 11 is 0. The van der Waals surface area contributed by atoms with Gasteiger partial charge in [-0.05, 0) is 58.1 Å². The summed E-state index contributed by atoms with van der Waals surface area (Å²) in [6.07, 6.45) is 5.47. The maximum absolute atomic E-state index is 11.8. The number of nitrogens with zero attached hydrogens (tertiary/aromatic N) is 1. The van der Waals surface area contributed by atoms with Crippen molar-refractivity contribution >= 4 is 6.09 Å². The number of nitrogens with one attached hydrogen (secondary N) is 2. The fourth-order valence-corrected chi connectivity index (χ4v) is 2.85. The zero-order valence-electron chi connectivity index (χ0n) is 15.1. The molecule has 1 fully saturated rings. The number of carbonyl (C=O) groups is 1. The number of amides is 1. The van der Waals surface area contributed by atoms with Crippen molar-refractivity contribution in [3.63, 3.8) is 0 Å². The van der Waals surface area contributed by atoms with Gasteiger partial charge in [0.05, 0.1) is 7.11 Å². The Hall–Kier alpha value is -1.82. The Labute approximate surface area is 144 Å². The summed E-state index contributed by atoms with van der Waals surface area (Å²) < 4.78 is 10.5. The van der Waals surface area contributed by atoms with Crippen molar-refractivity contribution in [3.05, 3.63) is 23.9 Å². The second-order valence-electron chi connectivity index (χ2n) is 7.28. The van der Waals surface area contributed by atoms with Crippen LogP contribution in [0.15, 0.2) is 18.3 Å². The highest BCUT2D eigenvalue weighted by Crippen LogP contribution is 2.20. The van der Waals surface area contributed by atoms with Crippen molar-refractivity contribution < 1.29 is 14.3 Å². The summed E-state index contributed by atoms with van der Waals surface area (Å²) in [4.78, 5) is 15.9. The monoisotopic (exact) mass is 335 g/mol. The quantitative estimate of drug-likeness (QED) is 0.865. The molecule has 0 aliphatic heterocycles. The average Bonchev–Trinajstić information content (AvgIpc) is 2.52. The Kier molecular flexibility index (Phi) is 6.43. The molecule has 2 N–H and O–H groups in total. The van der Waals surface area contributed by atoms with E-state index in [1.54, 1.807) is 13.3 Å². The largest absolute Gasteiger partial charge is 0.481 e. The molecule has 1 aromatic rings. The summed E-state index contributed by atoms with van der Waals surface area (Å²) in [5, 5.41) is 6.55. The van der Waals surface area contributed by atoms with Crippen LogP contribution in [0.2, 0.25) is 0 Å². The smallest absolute Gasteiger partial charge is 0.407 e. The lowest BCUT2D eigenvalue weighted by Crippen LogP contribution is -2.43. The van der Waals surface area contributed by atoms with Crippen LogP contribution >= 0.6 is 0 Å². The van der Waals surface area contributed by atoms with E-state index in [-0.39, 0.29) is 12.1 Å². The number of rotatable bonds is 5. The molecule has 0 saturated heterocycles. The van der Waals surface area contributed by atoms with E-state index in [1.165, 1.54) is 0 Å². The minimum absolute atomic E-state index is 0.207. The summed E-state index contributed by atoms with van der Waals surface area (Å²) in [5.74, 6) is 0.638. The van der Waals surface area contributed by atoms with Crippen LogP contribution in [0.1, 0.15) is 52.0 Å². The van der Waals surface area contributed by atoms with Crippen LogP contribution < -0.4 is 15.4 Å². The third-order valence-electron chi connectivity index (χ3n) is 4.05. The zero-order valence-corrected chi connectivity index (χ0v) is 15.1. The topological polar surface area (TPSA) is 72.5 Å². The molecule has 1 aliphatic rings. The molecule has 0 spiro atoms. The van der Waals surface area contributed by atoms with Crippen LogP contribution in [0.25, 0.3) is 0 Å². The molecule has 1 aliphatic carbocycles. The second-order valence-corrected chi connectivity index (χ2v) is 7.28. The Morgan fingerprint density at radius 2 is 1.92 bits per heavy atom. The van der Waals surface area contributed by atoms with Crippen LogP contribution in [-0.2, 0) is 11.3 Å². The molecular formula is C18H29N3O3. The fourth-order valence-electron chi connectivity index (χ4n) is 2.85. The van der Waals surface area contributed by atoms with Crippen molar-refractivity contribution in [2.75, 3.05) is 7.11 Å². The third-order valence-corrected chi connectivity index (χ3v) is 4.05. The number of hydrogen-bond acceptors (Lipinski definition) is 5. The van der Waals surface area contributed by atoms with E-state index in [2.05, 4.69) is 15.6 Å². The van der Waals surface area contributed by atoms with E-state index in [0.29, 0.717) is 11.9 Å². The van der Waals surface area contributed by atoms with E-state index in [9.17, 15) is 4.79 Å². The lowest BCUT2D eigenvalue weighted by molar-refractivity contribution is 0.0489. The Morgan fingerprint density at radius 3 is 2.54 bits per heavy atom. The van der Waals surface area contributed by atoms with Gasteiger partial charge in [-0.25, -0.2) is 9.78 Å². The fraction of sp³-hybridized carbons (Fsp3) is 0.667. The predicted octanol–water partition coefficient (Wildman–Crippen LogP) is 3.02. The van der Waals surface area contributed by atoms with E-state index in [0.717, 1.165) is 37.8 Å². The zero-order chi connectivity index (χ0) is 17.6. The highest BCUT2D eigenvalue weighted by molar-refractivity contribution is 5.68. The van der Waals surface area contributed by atoms with Gasteiger partial charge in [-0.1, -0.05) is 0 Å². The summed E-state index contributed by atoms with van der Waals surface area (Å²) in [6.45, 7) is 6.43. The highest BCUT2D eigenvalue weighted by atomic mass is 16.6. The SMILES string of the molecule is COc1cc(CNC2CCC(NC(=O)OC(C)(C)C)CC2)ccn1. The Balaban J connectivity index is 1.70. The molecule has 2 rings (SSSR count). The van der Waals surface area contributed by atoms with E-state index < -0.39 is 5.60 Å². The molecule has 1 heterocycles. The van der Waals surface area contributed by atoms with Gasteiger partial charge >= 0.3 is 6.09 Å². The average molecular weight is 335 g/mol. The summed E-state index contributed by atoms with van der Waals surface area (Å²) in [5.41, 5.74) is 0.713. The molecule has 0 radical (unpaired) electrons. The molecule has 0 bridgehead atoms. The number of hydrogen-bond donors (Lipinski definition) is 2. The lowest BCUT2D eigenvalue weighted by atomic mass is 9.91. The first-order valence-corrected chi connectivity index (χ1v) is 8.57. The standard InChI is InChI=1S/C18H29N3O3/c1-18(2,3)24-17(22)21-15-7-5-14(6-8-15)20-12-13-9-10-19-16(11-13)23-4/h9-11,14-15,20H,5-8,12H2,1-4H3,(H,21,22). The summed E-state index contributed by atoms with van der Waals surface area (Å²) in [6, 6.07) is 4.62. The van der Waals surface area contributed by atoms with Crippen molar-refractivity contribution in [1.29, 1.82) is 0 Å². The molecule has 6 nitrogen and oxygen atoms in total. The van der Waals surface area contributed by atoms with Crippen molar-refractivity contribution in [1.82, 2.24) is 15.6 Å². The van der Waals surface area contributed by atoms with Crippen LogP contribution in [0.3, 0.4) is 0 Å². The number of methoxy groups -OCH3 is 1. The first-order chi connectivity index (χ1) is 11.4. The van der Waals surface area contributed by atoms with Crippen molar-refractivity contribution in [2.45, 2.75) is 70.7 Å². The highest BCUT2D eigenvalue weighted by Gasteiger charge is 2.24. The molecule has 1 amide bonds. The molecule has 0 atom stereocenters. The van der Waals surface area contributed by atoms with Crippen LogP contribution in [0.4, 0.5) is 4.79 Å². The number of aromatic nitrogens is 1. The van der Waals surface area contributed by atoms with Gasteiger partial charge in [0, 0.05) is 30.9 Å². The van der Waals surface area contributed by atoms with E-state index in [4.69, 9.17) is 9.47 Å². The first-order valence-electron chi connectivity index (χ1n) is 8.57. The number of pyridine rings is 1. The maximum Gasteiger partial charge on any atom is 0.407 e. The van der Waals surface area contributed by atoms with E-state index in [1.807, 2.05) is 32.9 Å². The normalized spacial score (nSPS) is 21.2. The van der Waals surface area contributed by atoms with Crippen LogP contribution in [0, 0.1) is 0 Å². The van der Waals surface area contributed by atoms with E-state index >= 15 is 0 Å². The van der Waals surface area contributed by atoms with Gasteiger partial charge in [-0.15, -0.1) is 0 Å². The van der Waals surface area contributed by atoms with Gasteiger partial charge in [0.2, 0.25) is 5.88 Å². The number of carbonyl (C=O) groups excluding carboxylic acids is 1. The number of ether oxygens (including phenoxy) is 2. The van der Waals surface area contributed by atoms with Gasteiger partial charge in [-0.3, -0.25) is 0 Å². The maximum atomic E-state index is 11.8. The lowest BCUT2D eigenvalue weighted by Gasteiger charge is -2.30. The molecule has 1 saturated carbocycles. The Morgan fingerprint density at radius 1 is 1.25 bits per heavy atom. The number of alkyl carbamates (subject to hydrolysis) is 1. The molecule has 0 aromatic carbocycles.